The van der Waals surface area contributed by atoms with Crippen molar-refractivity contribution in [2.75, 3.05) is 5.75 Å². The van der Waals surface area contributed by atoms with Crippen molar-refractivity contribution in [3.05, 3.63) is 65.7 Å². The van der Waals surface area contributed by atoms with Crippen LogP contribution in [0.25, 0.3) is 11.4 Å². The molecule has 3 aromatic rings. The Kier molecular flexibility index (Phi) is 6.96. The lowest BCUT2D eigenvalue weighted by Crippen LogP contribution is -2.25. The van der Waals surface area contributed by atoms with E-state index in [-0.39, 0.29) is 29.3 Å². The number of thioether (sulfide) groups is 1. The Morgan fingerprint density at radius 3 is 2.52 bits per heavy atom. The number of halogens is 2. The van der Waals surface area contributed by atoms with Crippen molar-refractivity contribution in [3.8, 4) is 11.4 Å². The zero-order chi connectivity index (χ0) is 21.6. The van der Waals surface area contributed by atoms with E-state index in [0.717, 1.165) is 31.2 Å². The summed E-state index contributed by atoms with van der Waals surface area (Å²) in [5, 5.41) is 12.0. The van der Waals surface area contributed by atoms with Gasteiger partial charge in [-0.2, -0.15) is 0 Å². The molecule has 1 amide bonds. The molecule has 1 aliphatic carbocycles. The molecular weight excluding hydrogens is 418 g/mol. The summed E-state index contributed by atoms with van der Waals surface area (Å²) in [5.41, 5.74) is 1.25. The fraction of sp³-hybridized carbons (Fsp3) is 0.348. The molecule has 0 radical (unpaired) electrons. The van der Waals surface area contributed by atoms with Crippen LogP contribution in [-0.4, -0.2) is 26.4 Å². The minimum absolute atomic E-state index is 0.153. The summed E-state index contributed by atoms with van der Waals surface area (Å²) in [5.74, 6) is -0.110. The van der Waals surface area contributed by atoms with Gasteiger partial charge in [0.25, 0.3) is 0 Å². The van der Waals surface area contributed by atoms with Gasteiger partial charge in [0.2, 0.25) is 5.91 Å². The molecule has 1 aromatic heterocycles. The van der Waals surface area contributed by atoms with Gasteiger partial charge in [-0.15, -0.1) is 10.2 Å². The van der Waals surface area contributed by atoms with Crippen molar-refractivity contribution in [1.29, 1.82) is 0 Å². The number of carbonyl (C=O) groups excluding carboxylic acids is 1. The Bertz CT molecular complexity index is 1030. The second-order valence-electron chi connectivity index (χ2n) is 7.64. The predicted molar refractivity (Wildman–Crippen MR) is 117 cm³/mol. The summed E-state index contributed by atoms with van der Waals surface area (Å²) >= 11 is 1.30. The Morgan fingerprint density at radius 2 is 1.77 bits per heavy atom. The molecule has 1 N–H and O–H groups in total. The van der Waals surface area contributed by atoms with E-state index in [4.69, 9.17) is 0 Å². The number of rotatable bonds is 7. The van der Waals surface area contributed by atoms with Crippen molar-refractivity contribution in [1.82, 2.24) is 20.1 Å². The first kappa shape index (κ1) is 21.5. The molecule has 0 atom stereocenters. The van der Waals surface area contributed by atoms with E-state index in [1.165, 1.54) is 36.4 Å². The number of benzene rings is 2. The Balaban J connectivity index is 1.47. The number of nitrogens with zero attached hydrogens (tertiary/aromatic N) is 3. The summed E-state index contributed by atoms with van der Waals surface area (Å²) < 4.78 is 29.5. The van der Waals surface area contributed by atoms with Crippen LogP contribution in [0.4, 0.5) is 8.78 Å². The molecule has 0 bridgehead atoms. The first-order valence-electron chi connectivity index (χ1n) is 10.5. The average molecular weight is 443 g/mol. The number of hydrogen-bond acceptors (Lipinski definition) is 4. The SMILES string of the molecule is O=C(CSc1nnc(-c2ccccc2F)n1C1CCCCC1)NCc1ccc(F)cc1. The first-order chi connectivity index (χ1) is 15.1. The highest BCUT2D eigenvalue weighted by Crippen LogP contribution is 2.36. The molecule has 31 heavy (non-hydrogen) atoms. The van der Waals surface area contributed by atoms with Gasteiger partial charge in [0.15, 0.2) is 11.0 Å². The van der Waals surface area contributed by atoms with Gasteiger partial charge in [-0.1, -0.05) is 55.3 Å². The minimum atomic E-state index is -0.333. The lowest BCUT2D eigenvalue weighted by molar-refractivity contribution is -0.118. The fourth-order valence-electron chi connectivity index (χ4n) is 3.85. The Morgan fingerprint density at radius 1 is 1.03 bits per heavy atom. The van der Waals surface area contributed by atoms with Crippen LogP contribution < -0.4 is 5.32 Å². The van der Waals surface area contributed by atoms with Crippen molar-refractivity contribution in [2.45, 2.75) is 49.8 Å². The molecule has 1 heterocycles. The molecule has 0 unspecified atom stereocenters. The average Bonchev–Trinajstić information content (AvgIpc) is 3.22. The van der Waals surface area contributed by atoms with E-state index in [0.29, 0.717) is 23.1 Å². The van der Waals surface area contributed by atoms with Crippen molar-refractivity contribution in [2.24, 2.45) is 0 Å². The maximum absolute atomic E-state index is 14.5. The van der Waals surface area contributed by atoms with Crippen LogP contribution in [-0.2, 0) is 11.3 Å². The van der Waals surface area contributed by atoms with Gasteiger partial charge in [-0.25, -0.2) is 8.78 Å². The summed E-state index contributed by atoms with van der Waals surface area (Å²) in [7, 11) is 0. The molecule has 1 aliphatic rings. The van der Waals surface area contributed by atoms with Crippen molar-refractivity contribution < 1.29 is 13.6 Å². The molecule has 0 saturated heterocycles. The van der Waals surface area contributed by atoms with Crippen LogP contribution in [0.3, 0.4) is 0 Å². The second kappa shape index (κ2) is 10.0. The molecule has 1 fully saturated rings. The van der Waals surface area contributed by atoms with Crippen LogP contribution >= 0.6 is 11.8 Å². The summed E-state index contributed by atoms with van der Waals surface area (Å²) in [6, 6.07) is 12.8. The molecule has 4 rings (SSSR count). The molecule has 8 heteroatoms. The molecule has 5 nitrogen and oxygen atoms in total. The van der Waals surface area contributed by atoms with Crippen LogP contribution in [0, 0.1) is 11.6 Å². The number of amides is 1. The molecule has 1 saturated carbocycles. The maximum atomic E-state index is 14.5. The van der Waals surface area contributed by atoms with Gasteiger partial charge >= 0.3 is 0 Å². The van der Waals surface area contributed by atoms with Crippen LogP contribution in [0.15, 0.2) is 53.7 Å². The topological polar surface area (TPSA) is 59.8 Å². The van der Waals surface area contributed by atoms with Crippen LogP contribution in [0.5, 0.6) is 0 Å². The molecule has 2 aromatic carbocycles. The van der Waals surface area contributed by atoms with E-state index in [2.05, 4.69) is 15.5 Å². The van der Waals surface area contributed by atoms with Gasteiger partial charge in [0.1, 0.15) is 11.6 Å². The molecule has 0 spiro atoms. The Labute approximate surface area is 184 Å². The molecular formula is C23H24F2N4OS. The third kappa shape index (κ3) is 5.31. The van der Waals surface area contributed by atoms with Crippen LogP contribution in [0.1, 0.15) is 43.7 Å². The lowest BCUT2D eigenvalue weighted by atomic mass is 9.95. The maximum Gasteiger partial charge on any atom is 0.230 e. The van der Waals surface area contributed by atoms with E-state index in [1.54, 1.807) is 30.3 Å². The normalized spacial score (nSPS) is 14.5. The van der Waals surface area contributed by atoms with Gasteiger partial charge < -0.3 is 5.32 Å². The van der Waals surface area contributed by atoms with E-state index in [9.17, 15) is 13.6 Å². The largest absolute Gasteiger partial charge is 0.351 e. The summed E-state index contributed by atoms with van der Waals surface area (Å²) in [4.78, 5) is 12.4. The lowest BCUT2D eigenvalue weighted by Gasteiger charge is -2.25. The van der Waals surface area contributed by atoms with E-state index in [1.807, 2.05) is 4.57 Å². The van der Waals surface area contributed by atoms with Gasteiger partial charge in [0, 0.05) is 12.6 Å². The van der Waals surface area contributed by atoms with E-state index >= 15 is 0 Å². The highest BCUT2D eigenvalue weighted by atomic mass is 32.2. The van der Waals surface area contributed by atoms with Gasteiger partial charge in [-0.05, 0) is 42.7 Å². The smallest absolute Gasteiger partial charge is 0.230 e. The zero-order valence-corrected chi connectivity index (χ0v) is 17.9. The highest BCUT2D eigenvalue weighted by Gasteiger charge is 2.25. The fourth-order valence-corrected chi connectivity index (χ4v) is 4.69. The highest BCUT2D eigenvalue weighted by molar-refractivity contribution is 7.99. The number of hydrogen-bond donors (Lipinski definition) is 1. The monoisotopic (exact) mass is 442 g/mol. The summed E-state index contributed by atoms with van der Waals surface area (Å²) in [6.45, 7) is 0.329. The number of aromatic nitrogens is 3. The quantitative estimate of drug-likeness (QED) is 0.515. The van der Waals surface area contributed by atoms with Crippen molar-refractivity contribution >= 4 is 17.7 Å². The number of nitrogens with one attached hydrogen (secondary N) is 1. The third-order valence-electron chi connectivity index (χ3n) is 5.45. The second-order valence-corrected chi connectivity index (χ2v) is 8.58. The molecule has 162 valence electrons. The standard InChI is InChI=1S/C23H24F2N4OS/c24-17-12-10-16(11-13-17)14-26-21(30)15-31-23-28-27-22(19-8-4-5-9-20(19)25)29(23)18-6-2-1-3-7-18/h4-5,8-13,18H,1-3,6-7,14-15H2,(H,26,30). The molecule has 0 aliphatic heterocycles. The minimum Gasteiger partial charge on any atom is -0.351 e. The third-order valence-corrected chi connectivity index (χ3v) is 6.40. The van der Waals surface area contributed by atoms with Gasteiger partial charge in [0.05, 0.1) is 11.3 Å². The van der Waals surface area contributed by atoms with E-state index < -0.39 is 0 Å². The first-order valence-corrected chi connectivity index (χ1v) is 11.4. The predicted octanol–water partition coefficient (Wildman–Crippen LogP) is 5.14. The van der Waals surface area contributed by atoms with Gasteiger partial charge in [-0.3, -0.25) is 9.36 Å². The Hall–Kier alpha value is -2.74. The van der Waals surface area contributed by atoms with Crippen LogP contribution in [0.2, 0.25) is 0 Å². The zero-order valence-electron chi connectivity index (χ0n) is 17.1. The number of carbonyl (C=O) groups is 1. The summed E-state index contributed by atoms with van der Waals surface area (Å²) in [6.07, 6.45) is 5.40. The van der Waals surface area contributed by atoms with Crippen molar-refractivity contribution in [3.63, 3.8) is 0 Å².